The van der Waals surface area contributed by atoms with Gasteiger partial charge >= 0.3 is 5.97 Å². The van der Waals surface area contributed by atoms with E-state index in [1.807, 2.05) is 13.0 Å². The van der Waals surface area contributed by atoms with Crippen LogP contribution >= 0.6 is 0 Å². The van der Waals surface area contributed by atoms with Crippen LogP contribution in [-0.2, 0) is 23.9 Å². The van der Waals surface area contributed by atoms with Gasteiger partial charge in [0.15, 0.2) is 17.9 Å². The first-order chi connectivity index (χ1) is 21.7. The van der Waals surface area contributed by atoms with E-state index in [0.29, 0.717) is 25.7 Å². The number of carbonyl (C=O) groups is 3. The van der Waals surface area contributed by atoms with Crippen molar-refractivity contribution in [2.24, 2.45) is 50.2 Å². The molecule has 0 radical (unpaired) electrons. The summed E-state index contributed by atoms with van der Waals surface area (Å²) >= 11 is 0. The maximum Gasteiger partial charge on any atom is 0.309 e. The zero-order valence-electron chi connectivity index (χ0n) is 29.1. The molecule has 0 bridgehead atoms. The van der Waals surface area contributed by atoms with E-state index in [2.05, 4.69) is 41.5 Å². The number of hydrogen-bond donors (Lipinski definition) is 5. The highest BCUT2D eigenvalue weighted by Gasteiger charge is 2.70. The Hall–Kier alpha value is -1.69. The molecule has 0 aromatic heterocycles. The number of aliphatic hydroxyl groups is 4. The molecule has 5 aliphatic carbocycles. The SMILES string of the molecule is CC1(C)C(OC2O[C@H](C(=O)CO)[C@@H](O)[C@H](O)[C@H]2O)CC[C@@]2(C)C1CC[C@]1(C)C2C(=O)C=C2C3C[C@@](C)(C(=O)O)CC[C@]3(C)CC[C@]21C. The Labute approximate surface area is 278 Å². The number of allylic oxidation sites excluding steroid dienone is 2. The van der Waals surface area contributed by atoms with E-state index >= 15 is 0 Å². The van der Waals surface area contributed by atoms with Crippen LogP contribution in [0.4, 0.5) is 0 Å². The zero-order chi connectivity index (χ0) is 34.7. The lowest BCUT2D eigenvalue weighted by molar-refractivity contribution is -0.321. The van der Waals surface area contributed by atoms with Crippen molar-refractivity contribution in [2.45, 2.75) is 143 Å². The van der Waals surface area contributed by atoms with Gasteiger partial charge in [-0.2, -0.15) is 0 Å². The van der Waals surface area contributed by atoms with Crippen molar-refractivity contribution in [2.75, 3.05) is 6.61 Å². The molecule has 0 spiro atoms. The molecule has 1 aliphatic heterocycles. The number of hydrogen-bond acceptors (Lipinski definition) is 9. The summed E-state index contributed by atoms with van der Waals surface area (Å²) in [6, 6.07) is 0. The van der Waals surface area contributed by atoms with E-state index < -0.39 is 66.0 Å². The second-order valence-electron chi connectivity index (χ2n) is 18.1. The van der Waals surface area contributed by atoms with Crippen LogP contribution in [0, 0.1) is 50.2 Å². The fourth-order valence-electron chi connectivity index (χ4n) is 12.1. The number of fused-ring (bicyclic) bond motifs is 7. The molecule has 6 aliphatic rings. The van der Waals surface area contributed by atoms with E-state index in [0.717, 1.165) is 32.1 Å². The van der Waals surface area contributed by atoms with Gasteiger partial charge in [-0.05, 0) is 110 Å². The molecule has 10 nitrogen and oxygen atoms in total. The summed E-state index contributed by atoms with van der Waals surface area (Å²) in [4.78, 5) is 39.3. The van der Waals surface area contributed by atoms with Crippen molar-refractivity contribution in [3.8, 4) is 0 Å². The van der Waals surface area contributed by atoms with Crippen molar-refractivity contribution in [1.29, 1.82) is 0 Å². The average Bonchev–Trinajstić information content (AvgIpc) is 2.99. The normalized spacial score (nSPS) is 52.3. The van der Waals surface area contributed by atoms with Crippen LogP contribution < -0.4 is 0 Å². The predicted molar refractivity (Wildman–Crippen MR) is 171 cm³/mol. The number of ether oxygens (including phenoxy) is 2. The van der Waals surface area contributed by atoms with Crippen molar-refractivity contribution in [3.63, 3.8) is 0 Å². The minimum Gasteiger partial charge on any atom is -0.481 e. The van der Waals surface area contributed by atoms with Crippen LogP contribution in [0.1, 0.15) is 106 Å². The molecule has 1 heterocycles. The molecule has 14 atom stereocenters. The highest BCUT2D eigenvalue weighted by atomic mass is 16.7. The molecule has 1 saturated heterocycles. The molecule has 0 aromatic carbocycles. The van der Waals surface area contributed by atoms with Gasteiger partial charge in [-0.25, -0.2) is 0 Å². The molecule has 5 unspecified atom stereocenters. The third-order valence-electron chi connectivity index (χ3n) is 15.4. The third-order valence-corrected chi connectivity index (χ3v) is 15.4. The number of aliphatic hydroxyl groups excluding tert-OH is 4. The van der Waals surface area contributed by atoms with E-state index in [4.69, 9.17) is 9.47 Å². The molecule has 0 aromatic rings. The Morgan fingerprint density at radius 3 is 2.19 bits per heavy atom. The average molecular weight is 661 g/mol. The fraction of sp³-hybridized carbons (Fsp3) is 0.865. The van der Waals surface area contributed by atoms with E-state index in [1.54, 1.807) is 0 Å². The van der Waals surface area contributed by atoms with Gasteiger partial charge in [0.25, 0.3) is 0 Å². The standard InChI is InChI=1S/C37H56O10/c1-32(2)23-8-11-37(7)29(21(39)16-19-20-17-34(4,31(44)45)13-12-33(20,3)14-15-36(19,37)6)35(23,5)10-9-24(32)46-30-27(43)25(41)26(42)28(47-30)22(40)18-38/h16,20,23-30,38,41-43H,8-15,17-18H2,1-7H3,(H,44,45)/t20?,23?,24?,25-,26-,27+,28+,29?,30?,33+,34-,35-,36+,37+/m0/s1. The maximum absolute atomic E-state index is 14.6. The Morgan fingerprint density at radius 2 is 1.55 bits per heavy atom. The van der Waals surface area contributed by atoms with Crippen molar-refractivity contribution in [3.05, 3.63) is 11.6 Å². The molecule has 0 amide bonds. The quantitative estimate of drug-likeness (QED) is 0.273. The molecule has 4 saturated carbocycles. The first kappa shape index (κ1) is 35.1. The van der Waals surface area contributed by atoms with Crippen LogP contribution in [-0.4, -0.2) is 86.5 Å². The van der Waals surface area contributed by atoms with Crippen LogP contribution in [0.25, 0.3) is 0 Å². The zero-order valence-corrected chi connectivity index (χ0v) is 29.1. The lowest BCUT2D eigenvalue weighted by Gasteiger charge is -2.70. The first-order valence-electron chi connectivity index (χ1n) is 17.7. The summed E-state index contributed by atoms with van der Waals surface area (Å²) < 4.78 is 12.1. The summed E-state index contributed by atoms with van der Waals surface area (Å²) in [5.74, 6) is -1.48. The van der Waals surface area contributed by atoms with Crippen LogP contribution in [0.3, 0.4) is 0 Å². The van der Waals surface area contributed by atoms with E-state index in [-0.39, 0.29) is 45.2 Å². The van der Waals surface area contributed by atoms with E-state index in [1.165, 1.54) is 5.57 Å². The van der Waals surface area contributed by atoms with Gasteiger partial charge in [0.1, 0.15) is 31.0 Å². The number of rotatable bonds is 5. The second-order valence-corrected chi connectivity index (χ2v) is 18.1. The second kappa shape index (κ2) is 11.2. The number of carboxylic acids is 1. The lowest BCUT2D eigenvalue weighted by Crippen LogP contribution is -2.67. The number of carboxylic acid groups (broad SMARTS) is 1. The molecule has 6 rings (SSSR count). The number of Topliss-reactive ketones (excluding diaryl/α,β-unsaturated/α-hetero) is 1. The van der Waals surface area contributed by atoms with Crippen LogP contribution in [0.15, 0.2) is 11.6 Å². The molecular formula is C37H56O10. The molecule has 5 N–H and O–H groups in total. The number of aliphatic carboxylic acids is 1. The van der Waals surface area contributed by atoms with E-state index in [9.17, 15) is 39.9 Å². The number of ketones is 2. The monoisotopic (exact) mass is 660 g/mol. The van der Waals surface area contributed by atoms with Gasteiger partial charge in [0.2, 0.25) is 0 Å². The first-order valence-corrected chi connectivity index (χ1v) is 17.7. The molecular weight excluding hydrogens is 604 g/mol. The highest BCUT2D eigenvalue weighted by molar-refractivity contribution is 5.95. The Bertz CT molecular complexity index is 1360. The summed E-state index contributed by atoms with van der Waals surface area (Å²) in [6.45, 7) is 14.5. The Morgan fingerprint density at radius 1 is 0.894 bits per heavy atom. The summed E-state index contributed by atoms with van der Waals surface area (Å²) in [6.07, 6.45) is 0.691. The van der Waals surface area contributed by atoms with Gasteiger partial charge in [0.05, 0.1) is 11.5 Å². The molecule has 10 heteroatoms. The van der Waals surface area contributed by atoms with Gasteiger partial charge in [0, 0.05) is 5.92 Å². The summed E-state index contributed by atoms with van der Waals surface area (Å²) in [5, 5.41) is 51.2. The largest absolute Gasteiger partial charge is 0.481 e. The minimum absolute atomic E-state index is 0.0154. The fourth-order valence-corrected chi connectivity index (χ4v) is 12.1. The van der Waals surface area contributed by atoms with Gasteiger partial charge in [-0.1, -0.05) is 47.1 Å². The summed E-state index contributed by atoms with van der Waals surface area (Å²) in [7, 11) is 0. The topological polar surface area (TPSA) is 171 Å². The van der Waals surface area contributed by atoms with Gasteiger partial charge in [-0.15, -0.1) is 0 Å². The summed E-state index contributed by atoms with van der Waals surface area (Å²) in [5.41, 5.74) is -0.997. The smallest absolute Gasteiger partial charge is 0.309 e. The molecule has 5 fully saturated rings. The third kappa shape index (κ3) is 4.82. The van der Waals surface area contributed by atoms with Crippen LogP contribution in [0.5, 0.6) is 0 Å². The van der Waals surface area contributed by atoms with Gasteiger partial charge in [-0.3, -0.25) is 14.4 Å². The lowest BCUT2D eigenvalue weighted by atomic mass is 9.33. The van der Waals surface area contributed by atoms with Crippen molar-refractivity contribution >= 4 is 17.5 Å². The predicted octanol–water partition coefficient (Wildman–Crippen LogP) is 3.81. The van der Waals surface area contributed by atoms with Gasteiger partial charge < -0.3 is 35.0 Å². The molecule has 47 heavy (non-hydrogen) atoms. The van der Waals surface area contributed by atoms with Crippen molar-refractivity contribution in [1.82, 2.24) is 0 Å². The van der Waals surface area contributed by atoms with Crippen LogP contribution in [0.2, 0.25) is 0 Å². The van der Waals surface area contributed by atoms with Crippen molar-refractivity contribution < 1.29 is 49.4 Å². The highest BCUT2D eigenvalue weighted by Crippen LogP contribution is 2.75. The maximum atomic E-state index is 14.6. The minimum atomic E-state index is -1.69. The Balaban J connectivity index is 1.30. The molecule has 264 valence electrons. The number of carbonyl (C=O) groups excluding carboxylic acids is 2. The Kier molecular flexibility index (Phi) is 8.34.